The molecule has 0 bridgehead atoms. The van der Waals surface area contributed by atoms with Crippen molar-refractivity contribution >= 4 is 5.97 Å². The lowest BCUT2D eigenvalue weighted by Gasteiger charge is -2.42. The molecule has 2 fully saturated rings. The Morgan fingerprint density at radius 2 is 2.10 bits per heavy atom. The number of hydrogen-bond donors (Lipinski definition) is 0. The van der Waals surface area contributed by atoms with Gasteiger partial charge in [-0.1, -0.05) is 30.3 Å². The Balaban J connectivity index is 1.76. The molecular weight excluding hydrogens is 252 g/mol. The third kappa shape index (κ3) is 2.72. The normalized spacial score (nSPS) is 27.2. The molecule has 1 aromatic carbocycles. The summed E-state index contributed by atoms with van der Waals surface area (Å²) < 4.78 is 5.00. The maximum Gasteiger partial charge on any atom is 0.324 e. The Kier molecular flexibility index (Phi) is 4.03. The van der Waals surface area contributed by atoms with Gasteiger partial charge in [-0.25, -0.2) is 0 Å². The minimum atomic E-state index is -0.130. The van der Waals surface area contributed by atoms with E-state index >= 15 is 0 Å². The van der Waals surface area contributed by atoms with E-state index in [1.807, 2.05) is 18.2 Å². The van der Waals surface area contributed by atoms with Crippen LogP contribution in [0.15, 0.2) is 30.3 Å². The van der Waals surface area contributed by atoms with Crippen LogP contribution in [-0.2, 0) is 16.1 Å². The molecule has 2 saturated heterocycles. The highest BCUT2D eigenvalue weighted by atomic mass is 16.5. The maximum atomic E-state index is 12.1. The molecule has 0 spiro atoms. The number of benzene rings is 1. The quantitative estimate of drug-likeness (QED) is 0.782. The van der Waals surface area contributed by atoms with Crippen LogP contribution in [0.2, 0.25) is 0 Å². The van der Waals surface area contributed by atoms with Crippen molar-refractivity contribution < 1.29 is 9.53 Å². The van der Waals surface area contributed by atoms with Gasteiger partial charge in [0.1, 0.15) is 6.04 Å². The molecule has 0 N–H and O–H groups in total. The second kappa shape index (κ2) is 5.94. The first-order valence-electron chi connectivity index (χ1n) is 7.38. The van der Waals surface area contributed by atoms with E-state index in [1.54, 1.807) is 0 Å². The van der Waals surface area contributed by atoms with E-state index in [9.17, 15) is 4.79 Å². The van der Waals surface area contributed by atoms with Gasteiger partial charge in [-0.2, -0.15) is 0 Å². The summed E-state index contributed by atoms with van der Waals surface area (Å²) in [6.07, 6.45) is 2.50. The fraction of sp³-hybridized carbons (Fsp3) is 0.562. The molecule has 2 aliphatic rings. The van der Waals surface area contributed by atoms with Crippen LogP contribution in [0.5, 0.6) is 0 Å². The summed E-state index contributed by atoms with van der Waals surface area (Å²) in [5, 5.41) is 0. The highest BCUT2D eigenvalue weighted by molar-refractivity contribution is 5.76. The average molecular weight is 274 g/mol. The second-order valence-corrected chi connectivity index (χ2v) is 5.74. The molecule has 2 heterocycles. The van der Waals surface area contributed by atoms with Gasteiger partial charge in [0, 0.05) is 25.7 Å². The van der Waals surface area contributed by atoms with Crippen LogP contribution in [0, 0.1) is 0 Å². The van der Waals surface area contributed by atoms with E-state index in [0.29, 0.717) is 6.04 Å². The molecule has 3 rings (SSSR count). The van der Waals surface area contributed by atoms with Gasteiger partial charge in [0.05, 0.1) is 7.11 Å². The zero-order valence-electron chi connectivity index (χ0n) is 12.0. The summed E-state index contributed by atoms with van der Waals surface area (Å²) in [6.45, 7) is 3.72. The minimum absolute atomic E-state index is 0.105. The third-order valence-corrected chi connectivity index (χ3v) is 4.49. The first-order valence-corrected chi connectivity index (χ1v) is 7.38. The lowest BCUT2D eigenvalue weighted by molar-refractivity contribution is -0.150. The Morgan fingerprint density at radius 1 is 1.30 bits per heavy atom. The average Bonchev–Trinajstić information content (AvgIpc) is 2.94. The SMILES string of the molecule is COC(=O)C1CN2CCCC2CN1Cc1ccccc1. The van der Waals surface area contributed by atoms with Crippen molar-refractivity contribution in [1.82, 2.24) is 9.80 Å². The van der Waals surface area contributed by atoms with Gasteiger partial charge in [0.25, 0.3) is 0 Å². The van der Waals surface area contributed by atoms with Crippen molar-refractivity contribution in [2.75, 3.05) is 26.7 Å². The van der Waals surface area contributed by atoms with Gasteiger partial charge in [0.15, 0.2) is 0 Å². The Bertz CT molecular complexity index is 463. The largest absolute Gasteiger partial charge is 0.468 e. The number of fused-ring (bicyclic) bond motifs is 1. The van der Waals surface area contributed by atoms with E-state index in [0.717, 1.165) is 26.2 Å². The maximum absolute atomic E-state index is 12.1. The number of ether oxygens (including phenoxy) is 1. The van der Waals surface area contributed by atoms with Gasteiger partial charge in [-0.05, 0) is 24.9 Å². The summed E-state index contributed by atoms with van der Waals surface area (Å²) in [5.74, 6) is -0.105. The van der Waals surface area contributed by atoms with Crippen LogP contribution < -0.4 is 0 Å². The molecule has 20 heavy (non-hydrogen) atoms. The van der Waals surface area contributed by atoms with Crippen LogP contribution in [-0.4, -0.2) is 54.6 Å². The highest BCUT2D eigenvalue weighted by Crippen LogP contribution is 2.26. The van der Waals surface area contributed by atoms with E-state index in [1.165, 1.54) is 25.5 Å². The van der Waals surface area contributed by atoms with Crippen molar-refractivity contribution in [3.8, 4) is 0 Å². The van der Waals surface area contributed by atoms with Crippen LogP contribution in [0.1, 0.15) is 18.4 Å². The number of esters is 1. The first kappa shape index (κ1) is 13.6. The van der Waals surface area contributed by atoms with Gasteiger partial charge in [-0.15, -0.1) is 0 Å². The summed E-state index contributed by atoms with van der Waals surface area (Å²) in [7, 11) is 1.49. The van der Waals surface area contributed by atoms with Gasteiger partial charge in [0.2, 0.25) is 0 Å². The van der Waals surface area contributed by atoms with Crippen molar-refractivity contribution in [2.45, 2.75) is 31.5 Å². The second-order valence-electron chi connectivity index (χ2n) is 5.74. The lowest BCUT2D eigenvalue weighted by Crippen LogP contribution is -2.58. The Morgan fingerprint density at radius 3 is 2.85 bits per heavy atom. The first-order chi connectivity index (χ1) is 9.78. The van der Waals surface area contributed by atoms with E-state index < -0.39 is 0 Å². The van der Waals surface area contributed by atoms with Crippen molar-refractivity contribution in [3.05, 3.63) is 35.9 Å². The van der Waals surface area contributed by atoms with E-state index in [4.69, 9.17) is 4.74 Å². The molecule has 0 aromatic heterocycles. The van der Waals surface area contributed by atoms with Crippen molar-refractivity contribution in [2.24, 2.45) is 0 Å². The zero-order valence-corrected chi connectivity index (χ0v) is 12.0. The molecule has 0 saturated carbocycles. The Hall–Kier alpha value is -1.39. The zero-order chi connectivity index (χ0) is 13.9. The highest BCUT2D eigenvalue weighted by Gasteiger charge is 2.39. The minimum Gasteiger partial charge on any atom is -0.468 e. The number of piperazine rings is 1. The molecule has 0 radical (unpaired) electrons. The monoisotopic (exact) mass is 274 g/mol. The number of carbonyl (C=O) groups is 1. The fourth-order valence-corrected chi connectivity index (χ4v) is 3.43. The molecule has 4 nitrogen and oxygen atoms in total. The number of carbonyl (C=O) groups excluding carboxylic acids is 1. The molecule has 108 valence electrons. The Labute approximate surface area is 120 Å². The van der Waals surface area contributed by atoms with Gasteiger partial charge < -0.3 is 4.74 Å². The molecule has 2 unspecified atom stereocenters. The predicted octanol–water partition coefficient (Wildman–Crippen LogP) is 1.51. The smallest absolute Gasteiger partial charge is 0.324 e. The van der Waals surface area contributed by atoms with Crippen LogP contribution in [0.25, 0.3) is 0 Å². The van der Waals surface area contributed by atoms with Gasteiger partial charge >= 0.3 is 5.97 Å². The molecule has 1 aromatic rings. The van der Waals surface area contributed by atoms with E-state index in [-0.39, 0.29) is 12.0 Å². The number of rotatable bonds is 3. The number of nitrogens with zero attached hydrogens (tertiary/aromatic N) is 2. The van der Waals surface area contributed by atoms with Crippen LogP contribution in [0.3, 0.4) is 0 Å². The summed E-state index contributed by atoms with van der Waals surface area (Å²) in [4.78, 5) is 16.8. The predicted molar refractivity (Wildman–Crippen MR) is 77.3 cm³/mol. The topological polar surface area (TPSA) is 32.8 Å². The standard InChI is InChI=1S/C16H22N2O2/c1-20-16(19)15-12-17-9-5-8-14(17)11-18(15)10-13-6-3-2-4-7-13/h2-4,6-7,14-15H,5,8-12H2,1H3. The summed E-state index contributed by atoms with van der Waals surface area (Å²) in [5.41, 5.74) is 1.26. The van der Waals surface area contributed by atoms with Crippen LogP contribution >= 0.6 is 0 Å². The lowest BCUT2D eigenvalue weighted by atomic mass is 10.1. The molecule has 2 aliphatic heterocycles. The van der Waals surface area contributed by atoms with Gasteiger partial charge in [-0.3, -0.25) is 14.6 Å². The summed E-state index contributed by atoms with van der Waals surface area (Å²) in [6, 6.07) is 10.8. The molecule has 4 heteroatoms. The number of methoxy groups -OCH3 is 1. The molecule has 0 aliphatic carbocycles. The van der Waals surface area contributed by atoms with Crippen molar-refractivity contribution in [3.63, 3.8) is 0 Å². The van der Waals surface area contributed by atoms with E-state index in [2.05, 4.69) is 21.9 Å². The summed E-state index contributed by atoms with van der Waals surface area (Å²) >= 11 is 0. The fourth-order valence-electron chi connectivity index (χ4n) is 3.43. The molecule has 0 amide bonds. The van der Waals surface area contributed by atoms with Crippen LogP contribution in [0.4, 0.5) is 0 Å². The molecular formula is C16H22N2O2. The third-order valence-electron chi connectivity index (χ3n) is 4.49. The molecule has 2 atom stereocenters. The number of hydrogen-bond acceptors (Lipinski definition) is 4. The van der Waals surface area contributed by atoms with Crippen molar-refractivity contribution in [1.29, 1.82) is 0 Å².